The van der Waals surface area contributed by atoms with Crippen molar-refractivity contribution in [2.75, 3.05) is 0 Å². The first kappa shape index (κ1) is 21.3. The summed E-state index contributed by atoms with van der Waals surface area (Å²) in [4.78, 5) is 31.3. The Morgan fingerprint density at radius 2 is 2.03 bits per heavy atom. The van der Waals surface area contributed by atoms with E-state index in [1.54, 1.807) is 18.5 Å². The van der Waals surface area contributed by atoms with Gasteiger partial charge in [-0.15, -0.1) is 0 Å². The number of amides is 1. The van der Waals surface area contributed by atoms with E-state index in [0.717, 1.165) is 16.3 Å². The lowest BCUT2D eigenvalue weighted by Crippen LogP contribution is -2.15. The number of pyridine rings is 1. The molecule has 1 amide bonds. The number of carbonyl (C=O) groups is 1. The minimum absolute atomic E-state index is 0.0172. The van der Waals surface area contributed by atoms with Crippen LogP contribution in [0.1, 0.15) is 36.8 Å². The summed E-state index contributed by atoms with van der Waals surface area (Å²) in [5.74, 6) is 0.624. The summed E-state index contributed by atoms with van der Waals surface area (Å²) in [5, 5.41) is 12.0. The van der Waals surface area contributed by atoms with Crippen molar-refractivity contribution in [3.05, 3.63) is 76.0 Å². The summed E-state index contributed by atoms with van der Waals surface area (Å²) in [6.45, 7) is 4.41. The SMILES string of the molecule is CC(C)c1nc(COC(N)=O)n(Cc2ccncc2)c1Sc1cccc([N+](=O)[O-])c1. The summed E-state index contributed by atoms with van der Waals surface area (Å²) in [6, 6.07) is 10.2. The largest absolute Gasteiger partial charge is 0.442 e. The summed E-state index contributed by atoms with van der Waals surface area (Å²) >= 11 is 1.38. The number of non-ortho nitro benzene ring substituents is 1. The van der Waals surface area contributed by atoms with E-state index in [-0.39, 0.29) is 18.2 Å². The molecular weight excluding hydrogens is 406 g/mol. The second kappa shape index (κ2) is 9.40. The van der Waals surface area contributed by atoms with Gasteiger partial charge in [0, 0.05) is 29.4 Å². The van der Waals surface area contributed by atoms with Crippen LogP contribution in [0.5, 0.6) is 0 Å². The van der Waals surface area contributed by atoms with E-state index in [2.05, 4.69) is 4.98 Å². The van der Waals surface area contributed by atoms with Crippen molar-refractivity contribution in [2.24, 2.45) is 5.73 Å². The monoisotopic (exact) mass is 427 g/mol. The normalized spacial score (nSPS) is 10.9. The minimum atomic E-state index is -0.882. The average molecular weight is 427 g/mol. The van der Waals surface area contributed by atoms with Crippen molar-refractivity contribution >= 4 is 23.5 Å². The molecule has 0 aliphatic rings. The number of rotatable bonds is 8. The Hall–Kier alpha value is -3.40. The highest BCUT2D eigenvalue weighted by Gasteiger charge is 2.22. The fourth-order valence-corrected chi connectivity index (χ4v) is 4.05. The van der Waals surface area contributed by atoms with Crippen LogP contribution in [0.15, 0.2) is 58.7 Å². The van der Waals surface area contributed by atoms with Crippen LogP contribution < -0.4 is 5.73 Å². The van der Waals surface area contributed by atoms with E-state index in [4.69, 9.17) is 15.5 Å². The molecule has 2 aromatic heterocycles. The molecule has 0 atom stereocenters. The number of benzene rings is 1. The number of nitro groups is 1. The Bertz CT molecular complexity index is 1050. The number of nitro benzene ring substituents is 1. The standard InChI is InChI=1S/C20H21N5O4S/c1-13(2)18-19(30-16-5-3-4-15(10-16)25(27)28)24(11-14-6-8-22-9-7-14)17(23-18)12-29-20(21)26/h3-10,13H,11-12H2,1-2H3,(H2,21,26). The van der Waals surface area contributed by atoms with E-state index in [9.17, 15) is 14.9 Å². The van der Waals surface area contributed by atoms with Gasteiger partial charge in [-0.3, -0.25) is 15.1 Å². The summed E-state index contributed by atoms with van der Waals surface area (Å²) < 4.78 is 6.94. The zero-order valence-corrected chi connectivity index (χ0v) is 17.3. The molecule has 0 aliphatic carbocycles. The van der Waals surface area contributed by atoms with Crippen LogP contribution in [0, 0.1) is 10.1 Å². The van der Waals surface area contributed by atoms with Crippen molar-refractivity contribution in [3.8, 4) is 0 Å². The Labute approximate surface area is 177 Å². The van der Waals surface area contributed by atoms with Gasteiger partial charge in [0.15, 0.2) is 6.61 Å². The summed E-state index contributed by atoms with van der Waals surface area (Å²) in [6.07, 6.45) is 2.51. The van der Waals surface area contributed by atoms with Crippen LogP contribution in [-0.4, -0.2) is 25.6 Å². The first-order valence-electron chi connectivity index (χ1n) is 9.18. The molecule has 0 radical (unpaired) electrons. The van der Waals surface area contributed by atoms with Crippen LogP contribution in [0.25, 0.3) is 0 Å². The number of hydrogen-bond donors (Lipinski definition) is 1. The van der Waals surface area contributed by atoms with Crippen molar-refractivity contribution < 1.29 is 14.5 Å². The molecule has 156 valence electrons. The molecule has 0 fully saturated rings. The van der Waals surface area contributed by atoms with Gasteiger partial charge in [0.1, 0.15) is 10.9 Å². The van der Waals surface area contributed by atoms with Gasteiger partial charge in [0.2, 0.25) is 0 Å². The van der Waals surface area contributed by atoms with E-state index >= 15 is 0 Å². The molecule has 2 heterocycles. The van der Waals surface area contributed by atoms with Crippen molar-refractivity contribution in [1.82, 2.24) is 14.5 Å². The number of ether oxygens (including phenoxy) is 1. The molecule has 3 rings (SSSR count). The van der Waals surface area contributed by atoms with Crippen LogP contribution in [0.2, 0.25) is 0 Å². The zero-order valence-electron chi connectivity index (χ0n) is 16.5. The maximum absolute atomic E-state index is 11.2. The lowest BCUT2D eigenvalue weighted by molar-refractivity contribution is -0.385. The molecule has 10 heteroatoms. The molecule has 3 aromatic rings. The number of nitrogens with zero attached hydrogens (tertiary/aromatic N) is 4. The van der Waals surface area contributed by atoms with E-state index in [1.807, 2.05) is 36.6 Å². The first-order valence-corrected chi connectivity index (χ1v) is 9.99. The lowest BCUT2D eigenvalue weighted by Gasteiger charge is -2.13. The van der Waals surface area contributed by atoms with Gasteiger partial charge in [-0.05, 0) is 29.7 Å². The van der Waals surface area contributed by atoms with Gasteiger partial charge in [0.25, 0.3) is 5.69 Å². The molecule has 2 N–H and O–H groups in total. The van der Waals surface area contributed by atoms with E-state index in [0.29, 0.717) is 17.3 Å². The number of nitrogens with two attached hydrogens (primary N) is 1. The predicted octanol–water partition coefficient (Wildman–Crippen LogP) is 4.10. The molecular formula is C20H21N5O4S. The van der Waals surface area contributed by atoms with Gasteiger partial charge < -0.3 is 15.0 Å². The third kappa shape index (κ3) is 5.15. The number of imidazole rings is 1. The van der Waals surface area contributed by atoms with Gasteiger partial charge in [-0.25, -0.2) is 9.78 Å². The maximum Gasteiger partial charge on any atom is 0.404 e. The average Bonchev–Trinajstić information content (AvgIpc) is 3.05. The Balaban J connectivity index is 2.06. The van der Waals surface area contributed by atoms with Gasteiger partial charge >= 0.3 is 6.09 Å². The van der Waals surface area contributed by atoms with Gasteiger partial charge in [0.05, 0.1) is 17.2 Å². The maximum atomic E-state index is 11.2. The third-order valence-corrected chi connectivity index (χ3v) is 5.36. The first-order chi connectivity index (χ1) is 14.3. The number of primary amides is 1. The molecule has 1 aromatic carbocycles. The predicted molar refractivity (Wildman–Crippen MR) is 111 cm³/mol. The molecule has 0 saturated carbocycles. The number of aromatic nitrogens is 3. The fourth-order valence-electron chi connectivity index (χ4n) is 2.84. The highest BCUT2D eigenvalue weighted by atomic mass is 32.2. The highest BCUT2D eigenvalue weighted by Crippen LogP contribution is 2.36. The van der Waals surface area contributed by atoms with Crippen LogP contribution >= 0.6 is 11.8 Å². The van der Waals surface area contributed by atoms with E-state index < -0.39 is 11.0 Å². The smallest absolute Gasteiger partial charge is 0.404 e. The highest BCUT2D eigenvalue weighted by molar-refractivity contribution is 7.99. The molecule has 30 heavy (non-hydrogen) atoms. The van der Waals surface area contributed by atoms with Gasteiger partial charge in [-0.2, -0.15) is 0 Å². The second-order valence-corrected chi connectivity index (χ2v) is 7.84. The van der Waals surface area contributed by atoms with Crippen molar-refractivity contribution in [3.63, 3.8) is 0 Å². The molecule has 0 bridgehead atoms. The van der Waals surface area contributed by atoms with Crippen LogP contribution in [0.3, 0.4) is 0 Å². The topological polar surface area (TPSA) is 126 Å². The summed E-state index contributed by atoms with van der Waals surface area (Å²) in [5.41, 5.74) is 6.95. The Morgan fingerprint density at radius 1 is 1.30 bits per heavy atom. The molecule has 9 nitrogen and oxygen atoms in total. The molecule has 0 unspecified atom stereocenters. The number of hydrogen-bond acceptors (Lipinski definition) is 7. The lowest BCUT2D eigenvalue weighted by atomic mass is 10.1. The molecule has 0 spiro atoms. The second-order valence-electron chi connectivity index (χ2n) is 6.78. The van der Waals surface area contributed by atoms with Crippen molar-refractivity contribution in [1.29, 1.82) is 0 Å². The number of carbonyl (C=O) groups excluding carboxylic acids is 1. The third-order valence-electron chi connectivity index (χ3n) is 4.25. The van der Waals surface area contributed by atoms with Gasteiger partial charge in [-0.1, -0.05) is 31.7 Å². The van der Waals surface area contributed by atoms with E-state index in [1.165, 1.54) is 23.9 Å². The van der Waals surface area contributed by atoms with Crippen LogP contribution in [-0.2, 0) is 17.9 Å². The molecule has 0 aliphatic heterocycles. The Morgan fingerprint density at radius 3 is 2.67 bits per heavy atom. The zero-order chi connectivity index (χ0) is 21.7. The minimum Gasteiger partial charge on any atom is -0.442 e. The Kier molecular flexibility index (Phi) is 6.68. The van der Waals surface area contributed by atoms with Crippen LogP contribution in [0.4, 0.5) is 10.5 Å². The summed E-state index contributed by atoms with van der Waals surface area (Å²) in [7, 11) is 0. The molecule has 0 saturated heterocycles. The quantitative estimate of drug-likeness (QED) is 0.423. The van der Waals surface area contributed by atoms with Crippen molar-refractivity contribution in [2.45, 2.75) is 42.8 Å². The fraction of sp³-hybridized carbons (Fsp3) is 0.250.